The van der Waals surface area contributed by atoms with Crippen LogP contribution in [0.4, 0.5) is 5.69 Å². The fourth-order valence-corrected chi connectivity index (χ4v) is 6.89. The van der Waals surface area contributed by atoms with Gasteiger partial charge in [0, 0.05) is 24.7 Å². The van der Waals surface area contributed by atoms with E-state index in [1.807, 2.05) is 6.08 Å². The molecule has 1 heteroatoms. The van der Waals surface area contributed by atoms with E-state index in [9.17, 15) is 0 Å². The van der Waals surface area contributed by atoms with E-state index >= 15 is 0 Å². The third kappa shape index (κ3) is 8.00. The van der Waals surface area contributed by atoms with E-state index in [-0.39, 0.29) is 0 Å². The van der Waals surface area contributed by atoms with Crippen molar-refractivity contribution >= 4 is 11.8 Å². The molecule has 0 saturated heterocycles. The normalized spacial score (nSPS) is 22.5. The average molecular weight is 516 g/mol. The van der Waals surface area contributed by atoms with Crippen LogP contribution in [0.2, 0.25) is 0 Å². The summed E-state index contributed by atoms with van der Waals surface area (Å²) in [4.78, 5) is 2.80. The average Bonchev–Trinajstić information content (AvgIpc) is 3.09. The molecule has 210 valence electrons. The smallest absolute Gasteiger partial charge is 0.0405 e. The van der Waals surface area contributed by atoms with Crippen molar-refractivity contribution < 1.29 is 0 Å². The molecule has 0 aromatic heterocycles. The van der Waals surface area contributed by atoms with Gasteiger partial charge in [0.1, 0.15) is 0 Å². The molecule has 1 saturated carbocycles. The summed E-state index contributed by atoms with van der Waals surface area (Å²) in [5.74, 6) is 3.22. The Morgan fingerprint density at radius 2 is 1.76 bits per heavy atom. The third-order valence-corrected chi connectivity index (χ3v) is 9.02. The highest BCUT2D eigenvalue weighted by Gasteiger charge is 2.39. The molecule has 1 aliphatic heterocycles. The zero-order valence-corrected chi connectivity index (χ0v) is 25.7. The molecule has 4 rings (SSSR count). The van der Waals surface area contributed by atoms with Crippen LogP contribution < -0.4 is 4.90 Å². The molecule has 38 heavy (non-hydrogen) atoms. The summed E-state index contributed by atoms with van der Waals surface area (Å²) in [6, 6.07) is 14.3. The number of unbranched alkanes of at least 4 members (excludes halogenated alkanes) is 3. The Hall–Kier alpha value is -2.02. The van der Waals surface area contributed by atoms with Crippen LogP contribution in [0.15, 0.2) is 43.0 Å². The quantitative estimate of drug-likeness (QED) is 0.269. The van der Waals surface area contributed by atoms with Gasteiger partial charge in [0.05, 0.1) is 0 Å². The van der Waals surface area contributed by atoms with Crippen molar-refractivity contribution in [2.45, 2.75) is 118 Å². The lowest BCUT2D eigenvalue weighted by Gasteiger charge is -2.46. The van der Waals surface area contributed by atoms with Gasteiger partial charge in [0.25, 0.3) is 0 Å². The topological polar surface area (TPSA) is 3.24 Å². The Kier molecular flexibility index (Phi) is 12.5. The number of nitrogens with zero attached hydrogens (tertiary/aromatic N) is 1. The minimum atomic E-state index is 0.607. The highest BCUT2D eigenvalue weighted by Crippen LogP contribution is 2.45. The highest BCUT2D eigenvalue weighted by molar-refractivity contribution is 5.63. The summed E-state index contributed by atoms with van der Waals surface area (Å²) in [6.45, 7) is 20.1. The van der Waals surface area contributed by atoms with Crippen LogP contribution in [-0.2, 0) is 12.8 Å². The fourth-order valence-electron chi connectivity index (χ4n) is 6.89. The molecule has 2 aromatic rings. The van der Waals surface area contributed by atoms with E-state index < -0.39 is 0 Å². The van der Waals surface area contributed by atoms with Crippen LogP contribution in [0.1, 0.15) is 126 Å². The first-order valence-corrected chi connectivity index (χ1v) is 16.0. The van der Waals surface area contributed by atoms with Gasteiger partial charge in [0.2, 0.25) is 0 Å². The summed E-state index contributed by atoms with van der Waals surface area (Å²) < 4.78 is 0. The van der Waals surface area contributed by atoms with Gasteiger partial charge in [-0.3, -0.25) is 0 Å². The fraction of sp³-hybridized carbons (Fsp3) is 0.622. The molecule has 2 aliphatic rings. The molecule has 1 aliphatic carbocycles. The third-order valence-electron chi connectivity index (χ3n) is 9.02. The standard InChI is InChI=1S/C34H49N.C3H8/c1-6-9-10-11-13-30-21-26(5)33(30)24-35-23-31(32-19-14-25(4)20-29(32)12-7-2)18-17-28-16-15-27(8-3)22-34(28)35;1-3-2/h8,14-16,19-20,22,26,30-31,33H,3,6-7,9-13,17-18,21,23-24H2,1-2,4-5H3;3H2,1-2H3. The molecule has 1 nitrogen and oxygen atoms in total. The number of hydrogen-bond acceptors (Lipinski definition) is 1. The summed E-state index contributed by atoms with van der Waals surface area (Å²) in [5.41, 5.74) is 8.87. The summed E-state index contributed by atoms with van der Waals surface area (Å²) >= 11 is 0. The van der Waals surface area contributed by atoms with Gasteiger partial charge in [0.15, 0.2) is 0 Å². The van der Waals surface area contributed by atoms with Gasteiger partial charge in [-0.25, -0.2) is 0 Å². The second-order valence-electron chi connectivity index (χ2n) is 12.4. The minimum Gasteiger partial charge on any atom is -0.370 e. The van der Waals surface area contributed by atoms with E-state index in [2.05, 4.69) is 89.4 Å². The van der Waals surface area contributed by atoms with Crippen molar-refractivity contribution in [1.29, 1.82) is 0 Å². The maximum absolute atomic E-state index is 4.07. The van der Waals surface area contributed by atoms with Gasteiger partial charge in [-0.15, -0.1) is 0 Å². The Morgan fingerprint density at radius 1 is 0.974 bits per heavy atom. The first-order valence-electron chi connectivity index (χ1n) is 16.0. The zero-order valence-electron chi connectivity index (χ0n) is 25.7. The van der Waals surface area contributed by atoms with Crippen LogP contribution in [0, 0.1) is 24.7 Å². The van der Waals surface area contributed by atoms with Crippen molar-refractivity contribution in [2.75, 3.05) is 18.0 Å². The van der Waals surface area contributed by atoms with Gasteiger partial charge < -0.3 is 4.90 Å². The molecule has 0 bridgehead atoms. The Balaban J connectivity index is 0.00000127. The lowest BCUT2D eigenvalue weighted by Crippen LogP contribution is -2.44. The number of rotatable bonds is 11. The van der Waals surface area contributed by atoms with Crippen LogP contribution in [0.25, 0.3) is 6.08 Å². The molecule has 4 atom stereocenters. The number of benzene rings is 2. The summed E-state index contributed by atoms with van der Waals surface area (Å²) in [5, 5.41) is 0. The van der Waals surface area contributed by atoms with Gasteiger partial charge >= 0.3 is 0 Å². The van der Waals surface area contributed by atoms with Crippen molar-refractivity contribution in [3.05, 3.63) is 70.8 Å². The predicted molar refractivity (Wildman–Crippen MR) is 170 cm³/mol. The van der Waals surface area contributed by atoms with Crippen molar-refractivity contribution in [3.63, 3.8) is 0 Å². The first-order chi connectivity index (χ1) is 18.4. The molecule has 0 spiro atoms. The molecule has 4 unspecified atom stereocenters. The summed E-state index contributed by atoms with van der Waals surface area (Å²) in [7, 11) is 0. The molecule has 1 heterocycles. The van der Waals surface area contributed by atoms with Gasteiger partial charge in [-0.1, -0.05) is 128 Å². The molecule has 1 fully saturated rings. The van der Waals surface area contributed by atoms with E-state index in [0.29, 0.717) is 5.92 Å². The van der Waals surface area contributed by atoms with Crippen LogP contribution >= 0.6 is 0 Å². The van der Waals surface area contributed by atoms with Gasteiger partial charge in [-0.2, -0.15) is 0 Å². The van der Waals surface area contributed by atoms with Crippen LogP contribution in [0.5, 0.6) is 0 Å². The van der Waals surface area contributed by atoms with E-state index in [1.54, 1.807) is 11.1 Å². The van der Waals surface area contributed by atoms with E-state index in [1.165, 1.54) is 99.6 Å². The maximum Gasteiger partial charge on any atom is 0.0405 e. The first kappa shape index (κ1) is 30.5. The lowest BCUT2D eigenvalue weighted by atomic mass is 9.63. The molecular formula is C37H57N. The van der Waals surface area contributed by atoms with Crippen LogP contribution in [-0.4, -0.2) is 13.1 Å². The minimum absolute atomic E-state index is 0.607. The predicted octanol–water partition coefficient (Wildman–Crippen LogP) is 10.8. The highest BCUT2D eigenvalue weighted by atomic mass is 15.1. The lowest BCUT2D eigenvalue weighted by molar-refractivity contribution is 0.0808. The molecule has 2 aromatic carbocycles. The zero-order chi connectivity index (χ0) is 27.5. The summed E-state index contributed by atoms with van der Waals surface area (Å²) in [6.07, 6.45) is 16.5. The second kappa shape index (κ2) is 15.5. The molecule has 0 amide bonds. The Bertz CT molecular complexity index is 988. The molecule has 0 N–H and O–H groups in total. The molecule has 0 radical (unpaired) electrons. The van der Waals surface area contributed by atoms with Crippen molar-refractivity contribution in [3.8, 4) is 0 Å². The number of anilines is 1. The number of hydrogen-bond donors (Lipinski definition) is 0. The van der Waals surface area contributed by atoms with Crippen LogP contribution in [0.3, 0.4) is 0 Å². The SMILES string of the molecule is C=Cc1ccc2c(c1)N(CC1C(C)CC1CCCCCC)CC(c1ccc(C)cc1CCC)CC2.CCC. The number of aryl methyl sites for hydroxylation is 3. The van der Waals surface area contributed by atoms with Gasteiger partial charge in [-0.05, 0) is 78.7 Å². The monoisotopic (exact) mass is 515 g/mol. The number of fused-ring (bicyclic) bond motifs is 1. The van der Waals surface area contributed by atoms with Crippen molar-refractivity contribution in [2.24, 2.45) is 17.8 Å². The maximum atomic E-state index is 4.07. The van der Waals surface area contributed by atoms with E-state index in [4.69, 9.17) is 0 Å². The van der Waals surface area contributed by atoms with E-state index in [0.717, 1.165) is 24.3 Å². The largest absolute Gasteiger partial charge is 0.370 e. The Labute approximate surface area is 236 Å². The second-order valence-corrected chi connectivity index (χ2v) is 12.4. The van der Waals surface area contributed by atoms with Crippen molar-refractivity contribution in [1.82, 2.24) is 0 Å². The molecular weight excluding hydrogens is 458 g/mol. The Morgan fingerprint density at radius 3 is 2.45 bits per heavy atom.